The molecule has 1 fully saturated rings. The van der Waals surface area contributed by atoms with Crippen molar-refractivity contribution in [2.24, 2.45) is 0 Å². The van der Waals surface area contributed by atoms with Crippen LogP contribution in [0.5, 0.6) is 17.2 Å². The molecule has 23 heavy (non-hydrogen) atoms. The van der Waals surface area contributed by atoms with Gasteiger partial charge in [0, 0.05) is 38.0 Å². The first-order valence-corrected chi connectivity index (χ1v) is 8.41. The quantitative estimate of drug-likeness (QED) is 0.759. The molecule has 0 bridgehead atoms. The molecule has 0 aromatic heterocycles. The van der Waals surface area contributed by atoms with Gasteiger partial charge in [0.05, 0.1) is 33.5 Å². The van der Waals surface area contributed by atoms with E-state index >= 15 is 0 Å². The van der Waals surface area contributed by atoms with Gasteiger partial charge in [-0.3, -0.25) is 4.79 Å². The Morgan fingerprint density at radius 2 is 1.78 bits per heavy atom. The predicted molar refractivity (Wildman–Crippen MR) is 89.5 cm³/mol. The molecule has 7 heteroatoms. The Kier molecular flexibility index (Phi) is 6.41. The van der Waals surface area contributed by atoms with Crippen molar-refractivity contribution in [3.8, 4) is 17.2 Å². The number of hydrogen-bond donors (Lipinski definition) is 0. The summed E-state index contributed by atoms with van der Waals surface area (Å²) < 4.78 is 21.5. The summed E-state index contributed by atoms with van der Waals surface area (Å²) >= 11 is 1.70. The van der Waals surface area contributed by atoms with Gasteiger partial charge >= 0.3 is 0 Å². The zero-order valence-electron chi connectivity index (χ0n) is 14.0. The Hall–Kier alpha value is -1.60. The first kappa shape index (κ1) is 17.7. The summed E-state index contributed by atoms with van der Waals surface area (Å²) in [5, 5.41) is -0.165. The fourth-order valence-corrected chi connectivity index (χ4v) is 3.89. The van der Waals surface area contributed by atoms with Crippen LogP contribution in [0.4, 0.5) is 0 Å². The number of amides is 1. The lowest BCUT2D eigenvalue weighted by molar-refractivity contribution is -0.132. The van der Waals surface area contributed by atoms with Crippen molar-refractivity contribution >= 4 is 17.7 Å². The third-order valence-corrected chi connectivity index (χ3v) is 4.98. The first-order chi connectivity index (χ1) is 11.2. The van der Waals surface area contributed by atoms with Gasteiger partial charge < -0.3 is 23.8 Å². The van der Waals surface area contributed by atoms with Gasteiger partial charge in [-0.2, -0.15) is 0 Å². The Labute approximate surface area is 141 Å². The number of carbonyl (C=O) groups excluding carboxylic acids is 1. The molecule has 2 rings (SSSR count). The maximum absolute atomic E-state index is 12.4. The normalized spacial score (nSPS) is 18.0. The van der Waals surface area contributed by atoms with Crippen LogP contribution in [0.15, 0.2) is 12.1 Å². The van der Waals surface area contributed by atoms with E-state index in [1.807, 2.05) is 17.0 Å². The molecule has 0 spiro atoms. The topological polar surface area (TPSA) is 57.2 Å². The molecule has 1 saturated heterocycles. The molecular formula is C16H23NO5S. The van der Waals surface area contributed by atoms with Crippen molar-refractivity contribution in [2.75, 3.05) is 47.3 Å². The van der Waals surface area contributed by atoms with Crippen LogP contribution < -0.4 is 14.2 Å². The zero-order chi connectivity index (χ0) is 16.8. The van der Waals surface area contributed by atoms with Gasteiger partial charge in [-0.1, -0.05) is 0 Å². The van der Waals surface area contributed by atoms with E-state index in [1.165, 1.54) is 0 Å². The molecule has 1 aliphatic rings. The fraction of sp³-hybridized carbons (Fsp3) is 0.562. The molecule has 1 aromatic carbocycles. The van der Waals surface area contributed by atoms with E-state index in [0.717, 1.165) is 11.3 Å². The number of benzene rings is 1. The van der Waals surface area contributed by atoms with E-state index in [4.69, 9.17) is 18.9 Å². The second kappa shape index (κ2) is 8.31. The molecule has 6 nitrogen and oxygen atoms in total. The average Bonchev–Trinajstić information content (AvgIpc) is 2.59. The highest BCUT2D eigenvalue weighted by atomic mass is 32.2. The minimum Gasteiger partial charge on any atom is -0.496 e. The van der Waals surface area contributed by atoms with Gasteiger partial charge in [-0.25, -0.2) is 0 Å². The third kappa shape index (κ3) is 3.84. The molecule has 0 saturated carbocycles. The van der Waals surface area contributed by atoms with E-state index in [-0.39, 0.29) is 11.3 Å². The third-order valence-electron chi connectivity index (χ3n) is 3.73. The molecule has 1 amide bonds. The van der Waals surface area contributed by atoms with Gasteiger partial charge in [-0.15, -0.1) is 11.8 Å². The van der Waals surface area contributed by atoms with Gasteiger partial charge in [0.25, 0.3) is 0 Å². The number of nitrogens with zero attached hydrogens (tertiary/aromatic N) is 1. The van der Waals surface area contributed by atoms with E-state index in [2.05, 4.69) is 0 Å². The smallest absolute Gasteiger partial charge is 0.224 e. The van der Waals surface area contributed by atoms with Gasteiger partial charge in [-0.05, 0) is 0 Å². The summed E-state index contributed by atoms with van der Waals surface area (Å²) in [6, 6.07) is 3.62. The fourth-order valence-electron chi connectivity index (χ4n) is 2.57. The van der Waals surface area contributed by atoms with Crippen LogP contribution in [-0.4, -0.2) is 58.2 Å². The monoisotopic (exact) mass is 341 g/mol. The van der Waals surface area contributed by atoms with Gasteiger partial charge in [0.15, 0.2) is 0 Å². The number of methoxy groups -OCH3 is 4. The van der Waals surface area contributed by atoms with Crippen molar-refractivity contribution in [3.05, 3.63) is 17.7 Å². The second-order valence-corrected chi connectivity index (χ2v) is 6.19. The Morgan fingerprint density at radius 1 is 1.13 bits per heavy atom. The standard InChI is InChI=1S/C16H23NO5S/c1-19-7-6-17-14(18)5-8-23-16(17)15-12(21-3)9-11(20-2)10-13(15)22-4/h9-10,16H,5-8H2,1-4H3. The highest BCUT2D eigenvalue weighted by Gasteiger charge is 2.34. The lowest BCUT2D eigenvalue weighted by Gasteiger charge is -2.36. The highest BCUT2D eigenvalue weighted by molar-refractivity contribution is 7.99. The SMILES string of the molecule is COCCN1C(=O)CCSC1c1c(OC)cc(OC)cc1OC. The molecule has 1 atom stereocenters. The molecule has 0 N–H and O–H groups in total. The first-order valence-electron chi connectivity index (χ1n) is 7.36. The lowest BCUT2D eigenvalue weighted by Crippen LogP contribution is -2.39. The van der Waals surface area contributed by atoms with Crippen molar-refractivity contribution in [1.82, 2.24) is 4.90 Å². The molecule has 1 unspecified atom stereocenters. The van der Waals surface area contributed by atoms with Crippen LogP contribution in [0, 0.1) is 0 Å². The van der Waals surface area contributed by atoms with Crippen LogP contribution in [-0.2, 0) is 9.53 Å². The van der Waals surface area contributed by atoms with E-state index in [0.29, 0.717) is 36.8 Å². The van der Waals surface area contributed by atoms with Crippen molar-refractivity contribution in [1.29, 1.82) is 0 Å². The summed E-state index contributed by atoms with van der Waals surface area (Å²) in [6.45, 7) is 1.02. The highest BCUT2D eigenvalue weighted by Crippen LogP contribution is 2.47. The largest absolute Gasteiger partial charge is 0.496 e. The number of ether oxygens (including phenoxy) is 4. The molecule has 1 aliphatic heterocycles. The minimum absolute atomic E-state index is 0.116. The van der Waals surface area contributed by atoms with E-state index in [1.54, 1.807) is 40.2 Å². The Bertz CT molecular complexity index is 526. The lowest BCUT2D eigenvalue weighted by atomic mass is 10.1. The van der Waals surface area contributed by atoms with Crippen molar-refractivity contribution < 1.29 is 23.7 Å². The molecule has 128 valence electrons. The van der Waals surface area contributed by atoms with Gasteiger partial charge in [0.2, 0.25) is 5.91 Å². The minimum atomic E-state index is -0.165. The number of hydrogen-bond acceptors (Lipinski definition) is 6. The molecule has 0 radical (unpaired) electrons. The number of carbonyl (C=O) groups is 1. The van der Waals surface area contributed by atoms with Crippen molar-refractivity contribution in [3.63, 3.8) is 0 Å². The summed E-state index contributed by atoms with van der Waals surface area (Å²) in [7, 11) is 6.43. The predicted octanol–water partition coefficient (Wildman–Crippen LogP) is 2.32. The Morgan fingerprint density at radius 3 is 2.30 bits per heavy atom. The van der Waals surface area contributed by atoms with Gasteiger partial charge in [0.1, 0.15) is 22.6 Å². The summed E-state index contributed by atoms with van der Waals surface area (Å²) in [6.07, 6.45) is 0.533. The molecule has 1 heterocycles. The zero-order valence-corrected chi connectivity index (χ0v) is 14.8. The average molecular weight is 341 g/mol. The van der Waals surface area contributed by atoms with Crippen LogP contribution in [0.3, 0.4) is 0 Å². The Balaban J connectivity index is 2.46. The van der Waals surface area contributed by atoms with Crippen molar-refractivity contribution in [2.45, 2.75) is 11.8 Å². The maximum atomic E-state index is 12.4. The van der Waals surface area contributed by atoms with E-state index < -0.39 is 0 Å². The molecule has 0 aliphatic carbocycles. The molecule has 1 aromatic rings. The van der Waals surface area contributed by atoms with E-state index in [9.17, 15) is 4.79 Å². The number of rotatable bonds is 7. The summed E-state index contributed by atoms with van der Waals surface area (Å²) in [5.74, 6) is 2.83. The summed E-state index contributed by atoms with van der Waals surface area (Å²) in [5.41, 5.74) is 0.852. The molecular weight excluding hydrogens is 318 g/mol. The van der Waals surface area contributed by atoms with Crippen LogP contribution >= 0.6 is 11.8 Å². The van der Waals surface area contributed by atoms with Crippen LogP contribution in [0.2, 0.25) is 0 Å². The summed E-state index contributed by atoms with van der Waals surface area (Å²) in [4.78, 5) is 14.2. The van der Waals surface area contributed by atoms with Crippen LogP contribution in [0.25, 0.3) is 0 Å². The maximum Gasteiger partial charge on any atom is 0.224 e. The second-order valence-electron chi connectivity index (χ2n) is 5.00. The van der Waals surface area contributed by atoms with Crippen LogP contribution in [0.1, 0.15) is 17.4 Å². The number of thioether (sulfide) groups is 1.